The Kier molecular flexibility index (Phi) is 4.32. The summed E-state index contributed by atoms with van der Waals surface area (Å²) in [5.74, 6) is 1.99. The average molecular weight is 321 g/mol. The Morgan fingerprint density at radius 3 is 2.62 bits per heavy atom. The van der Waals surface area contributed by atoms with Crippen LogP contribution in [0.3, 0.4) is 0 Å². The minimum Gasteiger partial charge on any atom is -0.492 e. The topological polar surface area (TPSA) is 27.1 Å². The van der Waals surface area contributed by atoms with E-state index in [0.29, 0.717) is 24.1 Å². The Bertz CT molecular complexity index is 741. The lowest BCUT2D eigenvalue weighted by atomic mass is 10.3. The van der Waals surface area contributed by atoms with Gasteiger partial charge in [0.25, 0.3) is 0 Å². The van der Waals surface area contributed by atoms with Gasteiger partial charge in [0.2, 0.25) is 0 Å². The quantitative estimate of drug-likeness (QED) is 0.647. The van der Waals surface area contributed by atoms with Crippen molar-refractivity contribution in [1.82, 2.24) is 9.55 Å². The summed E-state index contributed by atoms with van der Waals surface area (Å²) in [7, 11) is 0. The molecular weight excluding hydrogens is 307 g/mol. The maximum absolute atomic E-state index is 6.28. The molecule has 0 spiro atoms. The Morgan fingerprint density at radius 2 is 1.86 bits per heavy atom. The van der Waals surface area contributed by atoms with E-state index in [0.717, 1.165) is 22.6 Å². The molecule has 21 heavy (non-hydrogen) atoms. The highest BCUT2D eigenvalue weighted by Gasteiger charge is 2.12. The SMILES string of the molecule is ClCc1nc2cccc(Cl)c2n1CCOc1ccccc1. The lowest BCUT2D eigenvalue weighted by molar-refractivity contribution is 0.299. The monoisotopic (exact) mass is 320 g/mol. The maximum atomic E-state index is 6.28. The van der Waals surface area contributed by atoms with Crippen LogP contribution in [0.5, 0.6) is 5.75 Å². The van der Waals surface area contributed by atoms with Gasteiger partial charge in [-0.25, -0.2) is 4.98 Å². The number of benzene rings is 2. The van der Waals surface area contributed by atoms with E-state index in [1.165, 1.54) is 0 Å². The summed E-state index contributed by atoms with van der Waals surface area (Å²) in [6.07, 6.45) is 0. The number of imidazole rings is 1. The number of halogens is 2. The van der Waals surface area contributed by atoms with Crippen molar-refractivity contribution in [3.8, 4) is 5.75 Å². The van der Waals surface area contributed by atoms with E-state index in [1.54, 1.807) is 0 Å². The second-order valence-corrected chi connectivity index (χ2v) is 5.26. The molecule has 1 aromatic heterocycles. The molecular formula is C16H14Cl2N2O. The number of alkyl halides is 1. The summed E-state index contributed by atoms with van der Waals surface area (Å²) in [4.78, 5) is 4.51. The number of ether oxygens (including phenoxy) is 1. The first-order valence-electron chi connectivity index (χ1n) is 6.67. The van der Waals surface area contributed by atoms with Crippen molar-refractivity contribution < 1.29 is 4.74 Å². The first-order chi connectivity index (χ1) is 10.3. The van der Waals surface area contributed by atoms with E-state index >= 15 is 0 Å². The third-order valence-electron chi connectivity index (χ3n) is 3.24. The number of aromatic nitrogens is 2. The lowest BCUT2D eigenvalue weighted by Crippen LogP contribution is -2.10. The van der Waals surface area contributed by atoms with E-state index in [-0.39, 0.29) is 0 Å². The molecule has 3 nitrogen and oxygen atoms in total. The molecule has 0 unspecified atom stereocenters. The second-order valence-electron chi connectivity index (χ2n) is 4.58. The third kappa shape index (κ3) is 2.99. The fourth-order valence-electron chi connectivity index (χ4n) is 2.30. The Morgan fingerprint density at radius 1 is 1.05 bits per heavy atom. The number of fused-ring (bicyclic) bond motifs is 1. The third-order valence-corrected chi connectivity index (χ3v) is 3.79. The van der Waals surface area contributed by atoms with E-state index in [2.05, 4.69) is 4.98 Å². The molecule has 2 aromatic carbocycles. The van der Waals surface area contributed by atoms with Crippen molar-refractivity contribution in [3.63, 3.8) is 0 Å². The standard InChI is InChI=1S/C16H14Cl2N2O/c17-11-15-19-14-8-4-7-13(18)16(14)20(15)9-10-21-12-5-2-1-3-6-12/h1-8H,9-11H2. The summed E-state index contributed by atoms with van der Waals surface area (Å²) < 4.78 is 7.75. The molecule has 0 aliphatic heterocycles. The van der Waals surface area contributed by atoms with Crippen LogP contribution in [0, 0.1) is 0 Å². The highest BCUT2D eigenvalue weighted by molar-refractivity contribution is 6.35. The Labute approximate surface area is 133 Å². The first-order valence-corrected chi connectivity index (χ1v) is 7.58. The summed E-state index contributed by atoms with van der Waals surface area (Å²) in [5, 5.41) is 0.677. The predicted molar refractivity (Wildman–Crippen MR) is 86.2 cm³/mol. The highest BCUT2D eigenvalue weighted by Crippen LogP contribution is 2.25. The molecule has 3 aromatic rings. The van der Waals surface area contributed by atoms with Crippen LogP contribution < -0.4 is 4.74 Å². The van der Waals surface area contributed by atoms with Gasteiger partial charge in [0, 0.05) is 0 Å². The molecule has 0 saturated heterocycles. The molecule has 0 N–H and O–H groups in total. The van der Waals surface area contributed by atoms with Crippen molar-refractivity contribution in [3.05, 3.63) is 59.4 Å². The average Bonchev–Trinajstić information content (AvgIpc) is 2.88. The molecule has 0 bridgehead atoms. The largest absolute Gasteiger partial charge is 0.492 e. The zero-order valence-corrected chi connectivity index (χ0v) is 12.8. The van der Waals surface area contributed by atoms with Crippen molar-refractivity contribution in [2.45, 2.75) is 12.4 Å². The summed E-state index contributed by atoms with van der Waals surface area (Å²) in [6.45, 7) is 1.18. The highest BCUT2D eigenvalue weighted by atomic mass is 35.5. The Hall–Kier alpha value is -1.71. The van der Waals surface area contributed by atoms with Gasteiger partial charge in [-0.1, -0.05) is 35.9 Å². The van der Waals surface area contributed by atoms with Gasteiger partial charge in [0.05, 0.1) is 28.5 Å². The van der Waals surface area contributed by atoms with Gasteiger partial charge in [0.15, 0.2) is 0 Å². The zero-order valence-electron chi connectivity index (χ0n) is 11.3. The van der Waals surface area contributed by atoms with Crippen LogP contribution in [0.25, 0.3) is 11.0 Å². The molecule has 0 fully saturated rings. The molecule has 0 saturated carbocycles. The molecule has 3 rings (SSSR count). The normalized spacial score (nSPS) is 11.0. The molecule has 0 amide bonds. The maximum Gasteiger partial charge on any atom is 0.125 e. The van der Waals surface area contributed by atoms with Crippen LogP contribution in [0.15, 0.2) is 48.5 Å². The van der Waals surface area contributed by atoms with Crippen LogP contribution in [0.1, 0.15) is 5.82 Å². The van der Waals surface area contributed by atoms with E-state index in [1.807, 2.05) is 53.1 Å². The fourth-order valence-corrected chi connectivity index (χ4v) is 2.78. The number of hydrogen-bond acceptors (Lipinski definition) is 2. The number of nitrogens with zero attached hydrogens (tertiary/aromatic N) is 2. The van der Waals surface area contributed by atoms with Crippen molar-refractivity contribution in [2.75, 3.05) is 6.61 Å². The van der Waals surface area contributed by atoms with Gasteiger partial charge in [-0.2, -0.15) is 0 Å². The predicted octanol–water partition coefficient (Wildman–Crippen LogP) is 4.51. The Balaban J connectivity index is 1.83. The smallest absolute Gasteiger partial charge is 0.125 e. The van der Waals surface area contributed by atoms with Gasteiger partial charge in [0.1, 0.15) is 18.2 Å². The zero-order chi connectivity index (χ0) is 14.7. The van der Waals surface area contributed by atoms with Crippen molar-refractivity contribution in [1.29, 1.82) is 0 Å². The van der Waals surface area contributed by atoms with Gasteiger partial charge >= 0.3 is 0 Å². The summed E-state index contributed by atoms with van der Waals surface area (Å²) in [5.41, 5.74) is 1.77. The van der Waals surface area contributed by atoms with Crippen LogP contribution >= 0.6 is 23.2 Å². The van der Waals surface area contributed by atoms with Crippen LogP contribution in [0.2, 0.25) is 5.02 Å². The van der Waals surface area contributed by atoms with E-state index < -0.39 is 0 Å². The lowest BCUT2D eigenvalue weighted by Gasteiger charge is -2.10. The molecule has 0 aliphatic carbocycles. The minimum absolute atomic E-state index is 0.344. The minimum atomic E-state index is 0.344. The number of hydrogen-bond donors (Lipinski definition) is 0. The molecule has 0 atom stereocenters. The molecule has 108 valence electrons. The molecule has 5 heteroatoms. The van der Waals surface area contributed by atoms with E-state index in [9.17, 15) is 0 Å². The number of rotatable bonds is 5. The van der Waals surface area contributed by atoms with Gasteiger partial charge in [-0.3, -0.25) is 0 Å². The first kappa shape index (κ1) is 14.2. The van der Waals surface area contributed by atoms with Crippen LogP contribution in [-0.2, 0) is 12.4 Å². The second kappa shape index (κ2) is 6.37. The molecule has 0 aliphatic rings. The van der Waals surface area contributed by atoms with Crippen LogP contribution in [0.4, 0.5) is 0 Å². The van der Waals surface area contributed by atoms with Crippen LogP contribution in [-0.4, -0.2) is 16.2 Å². The fraction of sp³-hybridized carbons (Fsp3) is 0.188. The molecule has 1 heterocycles. The van der Waals surface area contributed by atoms with Crippen molar-refractivity contribution in [2.24, 2.45) is 0 Å². The van der Waals surface area contributed by atoms with E-state index in [4.69, 9.17) is 27.9 Å². The summed E-state index contributed by atoms with van der Waals surface area (Å²) in [6, 6.07) is 15.4. The summed E-state index contributed by atoms with van der Waals surface area (Å²) >= 11 is 12.3. The number of para-hydroxylation sites is 2. The van der Waals surface area contributed by atoms with Gasteiger partial charge in [-0.05, 0) is 24.3 Å². The van der Waals surface area contributed by atoms with Crippen molar-refractivity contribution >= 4 is 34.2 Å². The van der Waals surface area contributed by atoms with Gasteiger partial charge < -0.3 is 9.30 Å². The van der Waals surface area contributed by atoms with Gasteiger partial charge in [-0.15, -0.1) is 11.6 Å². The molecule has 0 radical (unpaired) electrons.